The number of aromatic nitrogens is 1. The zero-order valence-corrected chi connectivity index (χ0v) is 20.6. The van der Waals surface area contributed by atoms with Gasteiger partial charge in [0.2, 0.25) is 11.8 Å². The molecule has 0 saturated carbocycles. The number of carbonyl (C=O) groups is 1. The number of amides is 1. The van der Waals surface area contributed by atoms with Gasteiger partial charge in [-0.15, -0.1) is 12.4 Å². The Kier molecular flexibility index (Phi) is 9.90. The molecule has 8 heteroatoms. The van der Waals surface area contributed by atoms with Gasteiger partial charge in [-0.25, -0.2) is 0 Å². The van der Waals surface area contributed by atoms with E-state index in [1.54, 1.807) is 12.1 Å². The first-order chi connectivity index (χ1) is 16.6. The summed E-state index contributed by atoms with van der Waals surface area (Å²) >= 11 is 0. The molecule has 4 rings (SSSR count). The van der Waals surface area contributed by atoms with Crippen LogP contribution in [0.2, 0.25) is 0 Å². The third-order valence-corrected chi connectivity index (χ3v) is 5.78. The minimum atomic E-state index is -0.704. The number of nitrogens with one attached hydrogen (secondary N) is 2. The molecule has 7 nitrogen and oxygen atoms in total. The SMILES string of the molecule is CCOc1nc(OCc2ccccc2)ccc1C(=O)NC[C@@H](O)CNC1Cc2ccccc2C1.Cl. The summed E-state index contributed by atoms with van der Waals surface area (Å²) in [6.07, 6.45) is 1.21. The predicted octanol–water partition coefficient (Wildman–Crippen LogP) is 3.33. The van der Waals surface area contributed by atoms with Crippen LogP contribution in [0, 0.1) is 0 Å². The fourth-order valence-electron chi connectivity index (χ4n) is 4.04. The molecule has 1 amide bonds. The van der Waals surface area contributed by atoms with Gasteiger partial charge in [-0.05, 0) is 42.5 Å². The van der Waals surface area contributed by atoms with E-state index in [0.717, 1.165) is 18.4 Å². The van der Waals surface area contributed by atoms with Crippen LogP contribution >= 0.6 is 12.4 Å². The summed E-state index contributed by atoms with van der Waals surface area (Å²) in [6, 6.07) is 21.8. The van der Waals surface area contributed by atoms with Crippen molar-refractivity contribution in [3.05, 3.63) is 89.0 Å². The molecule has 0 fully saturated rings. The number of carbonyl (C=O) groups excluding carboxylic acids is 1. The van der Waals surface area contributed by atoms with Crippen LogP contribution in [-0.4, -0.2) is 47.8 Å². The first-order valence-corrected chi connectivity index (χ1v) is 11.7. The van der Waals surface area contributed by atoms with Crippen molar-refractivity contribution >= 4 is 18.3 Å². The topological polar surface area (TPSA) is 92.7 Å². The van der Waals surface area contributed by atoms with Crippen LogP contribution in [0.15, 0.2) is 66.7 Å². The highest BCUT2D eigenvalue weighted by Crippen LogP contribution is 2.22. The van der Waals surface area contributed by atoms with Crippen LogP contribution in [0.25, 0.3) is 0 Å². The molecule has 0 bridgehead atoms. The van der Waals surface area contributed by atoms with Crippen LogP contribution in [-0.2, 0) is 19.4 Å². The number of halogens is 1. The molecule has 1 heterocycles. The first-order valence-electron chi connectivity index (χ1n) is 11.7. The van der Waals surface area contributed by atoms with Gasteiger partial charge in [-0.2, -0.15) is 4.98 Å². The zero-order chi connectivity index (χ0) is 23.8. The predicted molar refractivity (Wildman–Crippen MR) is 137 cm³/mol. The lowest BCUT2D eigenvalue weighted by Crippen LogP contribution is -2.41. The Morgan fingerprint density at radius 3 is 2.37 bits per heavy atom. The lowest BCUT2D eigenvalue weighted by molar-refractivity contribution is 0.0909. The molecule has 0 radical (unpaired) electrons. The summed E-state index contributed by atoms with van der Waals surface area (Å²) in [5, 5.41) is 16.6. The van der Waals surface area contributed by atoms with Crippen molar-refractivity contribution in [2.75, 3.05) is 19.7 Å². The Bertz CT molecular complexity index is 1070. The molecule has 3 N–H and O–H groups in total. The fraction of sp³-hybridized carbons (Fsp3) is 0.333. The lowest BCUT2D eigenvalue weighted by atomic mass is 10.1. The maximum absolute atomic E-state index is 12.7. The smallest absolute Gasteiger partial charge is 0.256 e. The lowest BCUT2D eigenvalue weighted by Gasteiger charge is -2.17. The third-order valence-electron chi connectivity index (χ3n) is 5.78. The number of pyridine rings is 1. The Balaban J connectivity index is 0.00000342. The van der Waals surface area contributed by atoms with E-state index < -0.39 is 6.10 Å². The summed E-state index contributed by atoms with van der Waals surface area (Å²) in [5.74, 6) is 0.241. The second-order valence-electron chi connectivity index (χ2n) is 8.36. The highest BCUT2D eigenvalue weighted by molar-refractivity contribution is 5.96. The minimum absolute atomic E-state index is 0. The third kappa shape index (κ3) is 7.42. The number of fused-ring (bicyclic) bond motifs is 1. The number of benzene rings is 2. The minimum Gasteiger partial charge on any atom is -0.477 e. The summed E-state index contributed by atoms with van der Waals surface area (Å²) in [5.41, 5.74) is 4.04. The largest absolute Gasteiger partial charge is 0.477 e. The van der Waals surface area contributed by atoms with E-state index in [9.17, 15) is 9.90 Å². The molecule has 0 unspecified atom stereocenters. The van der Waals surface area contributed by atoms with E-state index >= 15 is 0 Å². The molecule has 3 aromatic rings. The van der Waals surface area contributed by atoms with Gasteiger partial charge < -0.3 is 25.2 Å². The summed E-state index contributed by atoms with van der Waals surface area (Å²) in [6.45, 7) is 3.10. The van der Waals surface area contributed by atoms with Gasteiger partial charge in [0, 0.05) is 25.2 Å². The average Bonchev–Trinajstić information content (AvgIpc) is 3.29. The molecule has 0 saturated heterocycles. The number of ether oxygens (including phenoxy) is 2. The number of hydrogen-bond acceptors (Lipinski definition) is 6. The highest BCUT2D eigenvalue weighted by Gasteiger charge is 2.22. The average molecular weight is 498 g/mol. The fourth-order valence-corrected chi connectivity index (χ4v) is 4.04. The summed E-state index contributed by atoms with van der Waals surface area (Å²) < 4.78 is 11.3. The van der Waals surface area contributed by atoms with E-state index in [2.05, 4.69) is 39.9 Å². The van der Waals surface area contributed by atoms with Gasteiger partial charge in [-0.1, -0.05) is 54.6 Å². The van der Waals surface area contributed by atoms with Crippen LogP contribution in [0.1, 0.15) is 34.0 Å². The maximum atomic E-state index is 12.7. The first kappa shape index (κ1) is 26.5. The van der Waals surface area contributed by atoms with Gasteiger partial charge in [0.05, 0.1) is 12.7 Å². The van der Waals surface area contributed by atoms with Crippen molar-refractivity contribution in [1.29, 1.82) is 0 Å². The van der Waals surface area contributed by atoms with Crippen LogP contribution in [0.3, 0.4) is 0 Å². The van der Waals surface area contributed by atoms with Gasteiger partial charge in [0.25, 0.3) is 5.91 Å². The van der Waals surface area contributed by atoms with Gasteiger partial charge in [-0.3, -0.25) is 4.79 Å². The van der Waals surface area contributed by atoms with E-state index in [-0.39, 0.29) is 30.7 Å². The zero-order valence-electron chi connectivity index (χ0n) is 19.8. The maximum Gasteiger partial charge on any atom is 0.256 e. The number of nitrogens with zero attached hydrogens (tertiary/aromatic N) is 1. The van der Waals surface area contributed by atoms with Gasteiger partial charge >= 0.3 is 0 Å². The van der Waals surface area contributed by atoms with Gasteiger partial charge in [0.1, 0.15) is 12.2 Å². The second-order valence-corrected chi connectivity index (χ2v) is 8.36. The molecule has 0 aliphatic heterocycles. The molecule has 2 aromatic carbocycles. The Hall–Kier alpha value is -3.13. The molecule has 35 heavy (non-hydrogen) atoms. The molecule has 1 atom stereocenters. The van der Waals surface area contributed by atoms with Crippen molar-refractivity contribution < 1.29 is 19.4 Å². The molecule has 1 aliphatic rings. The summed E-state index contributed by atoms with van der Waals surface area (Å²) in [4.78, 5) is 17.1. The van der Waals surface area contributed by atoms with E-state index in [1.807, 2.05) is 37.3 Å². The Morgan fingerprint density at radius 2 is 1.69 bits per heavy atom. The van der Waals surface area contributed by atoms with E-state index in [0.29, 0.717) is 37.2 Å². The molecular weight excluding hydrogens is 466 g/mol. The van der Waals surface area contributed by atoms with E-state index in [1.165, 1.54) is 11.1 Å². The normalized spacial score (nSPS) is 13.4. The van der Waals surface area contributed by atoms with E-state index in [4.69, 9.17) is 9.47 Å². The summed E-state index contributed by atoms with van der Waals surface area (Å²) in [7, 11) is 0. The van der Waals surface area contributed by atoms with Crippen LogP contribution in [0.5, 0.6) is 11.8 Å². The van der Waals surface area contributed by atoms with Crippen molar-refractivity contribution in [3.8, 4) is 11.8 Å². The number of aliphatic hydroxyl groups is 1. The molecule has 0 spiro atoms. The van der Waals surface area contributed by atoms with Crippen molar-refractivity contribution in [3.63, 3.8) is 0 Å². The molecule has 186 valence electrons. The van der Waals surface area contributed by atoms with Crippen LogP contribution < -0.4 is 20.1 Å². The standard InChI is InChI=1S/C27H31N3O4.ClH/c1-2-33-27-24(12-13-25(30-27)34-18-19-8-4-3-5-9-19)26(32)29-17-23(31)16-28-22-14-20-10-6-7-11-21(20)15-22;/h3-13,22-23,28,31H,2,14-18H2,1H3,(H,29,32);1H/t23-;/m0./s1. The Labute approximate surface area is 212 Å². The molecular formula is C27H32ClN3O4. The number of aliphatic hydroxyl groups excluding tert-OH is 1. The monoisotopic (exact) mass is 497 g/mol. The number of rotatable bonds is 11. The Morgan fingerprint density at radius 1 is 1.00 bits per heavy atom. The van der Waals surface area contributed by atoms with Crippen molar-refractivity contribution in [2.45, 2.75) is 38.5 Å². The van der Waals surface area contributed by atoms with Gasteiger partial charge in [0.15, 0.2) is 0 Å². The quantitative estimate of drug-likeness (QED) is 0.376. The van der Waals surface area contributed by atoms with Crippen LogP contribution in [0.4, 0.5) is 0 Å². The second kappa shape index (κ2) is 13.1. The number of hydrogen-bond donors (Lipinski definition) is 3. The van der Waals surface area contributed by atoms with Crippen molar-refractivity contribution in [1.82, 2.24) is 15.6 Å². The highest BCUT2D eigenvalue weighted by atomic mass is 35.5. The molecule has 1 aliphatic carbocycles. The van der Waals surface area contributed by atoms with Crippen molar-refractivity contribution in [2.24, 2.45) is 0 Å². The molecule has 1 aromatic heterocycles.